The molecular formula is C22H50N4O4P4S4. The highest BCUT2D eigenvalue weighted by molar-refractivity contribution is 8.29. The lowest BCUT2D eigenvalue weighted by Gasteiger charge is -2.34. The lowest BCUT2D eigenvalue weighted by Crippen LogP contribution is -2.31. The maximum Gasteiger partial charge on any atom is 0.116 e. The average molecular weight is 687 g/mol. The predicted octanol–water partition coefficient (Wildman–Crippen LogP) is 5.11. The van der Waals surface area contributed by atoms with Gasteiger partial charge in [0.25, 0.3) is 0 Å². The molecule has 8 nitrogen and oxygen atoms in total. The second kappa shape index (κ2) is 18.4. The van der Waals surface area contributed by atoms with Crippen LogP contribution in [0.2, 0.25) is 0 Å². The Hall–Kier alpha value is 2.54. The first-order valence-electron chi connectivity index (χ1n) is 13.4. The molecule has 16 heteroatoms. The molecule has 0 aromatic heterocycles. The van der Waals surface area contributed by atoms with Crippen molar-refractivity contribution >= 4 is 74.8 Å². The van der Waals surface area contributed by atoms with E-state index in [9.17, 15) is 0 Å². The summed E-state index contributed by atoms with van der Waals surface area (Å²) in [4.78, 5) is 0. The Morgan fingerprint density at radius 2 is 1.03 bits per heavy atom. The molecular weight excluding hydrogens is 636 g/mol. The van der Waals surface area contributed by atoms with Gasteiger partial charge in [0, 0.05) is 60.2 Å². The summed E-state index contributed by atoms with van der Waals surface area (Å²) in [6, 6.07) is 0. The highest BCUT2D eigenvalue weighted by Gasteiger charge is 2.39. The molecule has 0 radical (unpaired) electrons. The van der Waals surface area contributed by atoms with Crippen molar-refractivity contribution in [2.75, 3.05) is 66.2 Å². The van der Waals surface area contributed by atoms with Crippen LogP contribution in [0.3, 0.4) is 0 Å². The molecule has 226 valence electrons. The Balaban J connectivity index is 0.000000218. The van der Waals surface area contributed by atoms with E-state index in [0.29, 0.717) is 0 Å². The van der Waals surface area contributed by atoms with Crippen molar-refractivity contribution in [1.29, 1.82) is 0 Å². The van der Waals surface area contributed by atoms with Gasteiger partial charge in [-0.15, -0.1) is 0 Å². The molecule has 3 saturated heterocycles. The zero-order valence-corrected chi connectivity index (χ0v) is 31.1. The molecule has 5 unspecified atom stereocenters. The fourth-order valence-corrected chi connectivity index (χ4v) is 20.8. The lowest BCUT2D eigenvalue weighted by atomic mass is 9.95. The minimum Gasteiger partial charge on any atom is -0.390 e. The van der Waals surface area contributed by atoms with Crippen LogP contribution >= 0.6 is 32.7 Å². The quantitative estimate of drug-likeness (QED) is 0.383. The van der Waals surface area contributed by atoms with Crippen molar-refractivity contribution in [2.45, 2.75) is 76.8 Å². The van der Waals surface area contributed by atoms with E-state index >= 15 is 0 Å². The molecule has 0 aromatic rings. The van der Waals surface area contributed by atoms with E-state index in [2.05, 4.69) is 71.7 Å². The third-order valence-electron chi connectivity index (χ3n) is 7.15. The van der Waals surface area contributed by atoms with Gasteiger partial charge < -0.3 is 19.3 Å². The van der Waals surface area contributed by atoms with Crippen LogP contribution in [-0.4, -0.2) is 117 Å². The van der Waals surface area contributed by atoms with Crippen LogP contribution in [0.4, 0.5) is 0 Å². The minimum atomic E-state index is -0.542. The number of aliphatic hydroxyl groups excluding tert-OH is 2. The van der Waals surface area contributed by atoms with Crippen molar-refractivity contribution in [1.82, 2.24) is 16.3 Å². The van der Waals surface area contributed by atoms with E-state index < -0.39 is 28.8 Å². The Kier molecular flexibility index (Phi) is 17.8. The fourth-order valence-electron chi connectivity index (χ4n) is 4.21. The molecule has 38 heavy (non-hydrogen) atoms. The molecule has 0 aromatic carbocycles. The van der Waals surface area contributed by atoms with Crippen LogP contribution in [0, 0.1) is 0 Å². The number of aliphatic hydroxyl groups is 2. The summed E-state index contributed by atoms with van der Waals surface area (Å²) in [5.41, 5.74) is 0. The number of rotatable bonds is 2. The van der Waals surface area contributed by atoms with Gasteiger partial charge in [-0.1, -0.05) is 26.7 Å². The normalized spacial score (nSPS) is 41.9. The van der Waals surface area contributed by atoms with Gasteiger partial charge in [0.05, 0.1) is 24.4 Å². The van der Waals surface area contributed by atoms with Crippen molar-refractivity contribution in [3.05, 3.63) is 0 Å². The second-order valence-electron chi connectivity index (χ2n) is 9.76. The molecule has 1 saturated carbocycles. The minimum absolute atomic E-state index is 0.0440. The SMILES string of the molecule is CC[C@@H]1OP2CCP(O[C@@H]1CC)N(C)S(=S)N2C.CN1P(C)CCP(C)N(C)S1=S.O[C@@H]1CCCC[C@@H]1O. The molecule has 2 bridgehead atoms. The van der Waals surface area contributed by atoms with Crippen LogP contribution in [-0.2, 0) is 51.1 Å². The van der Waals surface area contributed by atoms with E-state index in [1.165, 1.54) is 12.3 Å². The van der Waals surface area contributed by atoms with Gasteiger partial charge >= 0.3 is 0 Å². The Labute approximate surface area is 252 Å². The second-order valence-corrected chi connectivity index (χ2v) is 24.4. The molecule has 0 spiro atoms. The number of hydrogen-bond acceptors (Lipinski definition) is 6. The molecule has 4 aliphatic rings. The van der Waals surface area contributed by atoms with Crippen molar-refractivity contribution < 1.29 is 19.3 Å². The van der Waals surface area contributed by atoms with Gasteiger partial charge in [0.1, 0.15) is 16.6 Å². The number of fused-ring (bicyclic) bond motifs is 3. The maximum atomic E-state index is 8.93. The highest BCUT2D eigenvalue weighted by Crippen LogP contribution is 2.58. The summed E-state index contributed by atoms with van der Waals surface area (Å²) < 4.78 is 22.0. The molecule has 4 fully saturated rings. The molecule has 1 aliphatic carbocycles. The van der Waals surface area contributed by atoms with E-state index in [1.807, 2.05) is 0 Å². The third-order valence-corrected chi connectivity index (χ3v) is 25.5. The Morgan fingerprint density at radius 3 is 1.34 bits per heavy atom. The number of nitrogens with zero attached hydrogens (tertiary/aromatic N) is 4. The van der Waals surface area contributed by atoms with Crippen LogP contribution in [0.1, 0.15) is 52.4 Å². The van der Waals surface area contributed by atoms with Crippen LogP contribution in [0.15, 0.2) is 0 Å². The smallest absolute Gasteiger partial charge is 0.116 e. The monoisotopic (exact) mass is 686 g/mol. The van der Waals surface area contributed by atoms with Gasteiger partial charge in [0.15, 0.2) is 0 Å². The summed E-state index contributed by atoms with van der Waals surface area (Å²) in [5, 5.41) is 17.9. The first-order valence-corrected chi connectivity index (χ1v) is 24.2. The summed E-state index contributed by atoms with van der Waals surface area (Å²) in [7, 11) is 7.22. The maximum absolute atomic E-state index is 8.93. The summed E-state index contributed by atoms with van der Waals surface area (Å²) in [6.45, 7) is 9.04. The largest absolute Gasteiger partial charge is 0.390 e. The van der Waals surface area contributed by atoms with Crippen molar-refractivity contribution in [3.63, 3.8) is 0 Å². The van der Waals surface area contributed by atoms with E-state index in [0.717, 1.165) is 50.8 Å². The average Bonchev–Trinajstić information content (AvgIpc) is 3.03. The Bertz CT molecular complexity index is 714. The molecule has 4 rings (SSSR count). The fraction of sp³-hybridized carbons (Fsp3) is 1.00. The van der Waals surface area contributed by atoms with Gasteiger partial charge in [-0.2, -0.15) is 8.15 Å². The van der Waals surface area contributed by atoms with Gasteiger partial charge in [-0.05, 0) is 89.9 Å². The van der Waals surface area contributed by atoms with Crippen molar-refractivity contribution in [3.8, 4) is 0 Å². The van der Waals surface area contributed by atoms with E-state index in [4.69, 9.17) is 41.6 Å². The van der Waals surface area contributed by atoms with Crippen LogP contribution in [0.25, 0.3) is 0 Å². The first-order chi connectivity index (χ1) is 17.9. The standard InChI is InChI=1S/C10H22N2O2P2S2.C6H16N2P2S2.C6H12O2/c1-5-9-10(6-2)14-16-8-7-15(13-9)11(3)18(17)12(16)4;1-7-9(3)5-6-10(4)8(2)12(7)11;7-5-3-1-2-4-6(5)8/h9-10H,5-8H2,1-4H3;5-6H2,1-4H3;5-8H,1-4H2/t9-,10+,15?,16?,18?;;5-,6+. The van der Waals surface area contributed by atoms with Crippen molar-refractivity contribution in [2.24, 2.45) is 0 Å². The van der Waals surface area contributed by atoms with Gasteiger partial charge in [-0.25, -0.2) is 8.15 Å². The zero-order valence-electron chi connectivity index (χ0n) is 24.3. The molecule has 3 aliphatic heterocycles. The number of hydrogen-bond donors (Lipinski definition) is 2. The molecule has 9 atom stereocenters. The molecule has 0 amide bonds. The summed E-state index contributed by atoms with van der Waals surface area (Å²) >= 11 is 11.1. The van der Waals surface area contributed by atoms with E-state index in [-0.39, 0.29) is 48.0 Å². The van der Waals surface area contributed by atoms with Gasteiger partial charge in [-0.3, -0.25) is 0 Å². The van der Waals surface area contributed by atoms with Crippen LogP contribution < -0.4 is 0 Å². The third kappa shape index (κ3) is 10.6. The van der Waals surface area contributed by atoms with Gasteiger partial charge in [0.2, 0.25) is 0 Å². The first kappa shape index (κ1) is 36.7. The summed E-state index contributed by atoms with van der Waals surface area (Å²) in [5.74, 6) is 0. The lowest BCUT2D eigenvalue weighted by molar-refractivity contribution is -0.00865. The topological polar surface area (TPSA) is 71.9 Å². The zero-order chi connectivity index (χ0) is 28.6. The summed E-state index contributed by atoms with van der Waals surface area (Å²) in [6.07, 6.45) is 10.2. The predicted molar refractivity (Wildman–Crippen MR) is 180 cm³/mol. The van der Waals surface area contributed by atoms with Crippen LogP contribution in [0.5, 0.6) is 0 Å². The highest BCUT2D eigenvalue weighted by atomic mass is 32.8. The molecule has 2 N–H and O–H groups in total. The van der Waals surface area contributed by atoms with E-state index in [1.54, 1.807) is 0 Å². The Morgan fingerprint density at radius 1 is 0.684 bits per heavy atom. The molecule has 3 heterocycles.